The Balaban J connectivity index is 2.06. The molecule has 0 spiro atoms. The van der Waals surface area contributed by atoms with E-state index in [1.54, 1.807) is 11.8 Å². The summed E-state index contributed by atoms with van der Waals surface area (Å²) < 4.78 is 0. The number of amides is 1. The summed E-state index contributed by atoms with van der Waals surface area (Å²) in [5.41, 5.74) is 1.03. The van der Waals surface area contributed by atoms with E-state index in [1.165, 1.54) is 0 Å². The number of rotatable bonds is 8. The second-order valence-electron chi connectivity index (χ2n) is 4.97. The summed E-state index contributed by atoms with van der Waals surface area (Å²) in [6.45, 7) is 1.60. The van der Waals surface area contributed by atoms with Gasteiger partial charge >= 0.3 is 0 Å². The van der Waals surface area contributed by atoms with Gasteiger partial charge in [-0.25, -0.2) is 0 Å². The van der Waals surface area contributed by atoms with Crippen LogP contribution in [0, 0.1) is 0 Å². The Morgan fingerprint density at radius 1 is 1.00 bits per heavy atom. The Morgan fingerprint density at radius 3 is 2.27 bits per heavy atom. The SMILES string of the molecule is CNCCCNC(=O)C(Sc1ccccc1)c1ccccc1. The summed E-state index contributed by atoms with van der Waals surface area (Å²) in [5, 5.41) is 5.90. The first kappa shape index (κ1) is 16.6. The van der Waals surface area contributed by atoms with Gasteiger partial charge in [-0.05, 0) is 37.7 Å². The monoisotopic (exact) mass is 314 g/mol. The van der Waals surface area contributed by atoms with Gasteiger partial charge < -0.3 is 10.6 Å². The molecule has 1 amide bonds. The van der Waals surface area contributed by atoms with Crippen LogP contribution >= 0.6 is 11.8 Å². The number of nitrogens with one attached hydrogen (secondary N) is 2. The minimum absolute atomic E-state index is 0.0659. The minimum atomic E-state index is -0.224. The molecule has 0 heterocycles. The molecule has 116 valence electrons. The highest BCUT2D eigenvalue weighted by Gasteiger charge is 2.21. The van der Waals surface area contributed by atoms with E-state index >= 15 is 0 Å². The van der Waals surface area contributed by atoms with Crippen LogP contribution in [-0.2, 0) is 4.79 Å². The number of thioether (sulfide) groups is 1. The highest BCUT2D eigenvalue weighted by molar-refractivity contribution is 8.00. The maximum absolute atomic E-state index is 12.6. The lowest BCUT2D eigenvalue weighted by atomic mass is 10.1. The van der Waals surface area contributed by atoms with Crippen LogP contribution in [0.25, 0.3) is 0 Å². The standard InChI is InChI=1S/C18H22N2OS/c1-19-13-8-14-20-18(21)17(15-9-4-2-5-10-15)22-16-11-6-3-7-12-16/h2-7,9-12,17,19H,8,13-14H2,1H3,(H,20,21). The molecule has 0 bridgehead atoms. The molecular formula is C18H22N2OS. The van der Waals surface area contributed by atoms with Gasteiger partial charge in [0.05, 0.1) is 0 Å². The van der Waals surface area contributed by atoms with Gasteiger partial charge in [0.25, 0.3) is 0 Å². The van der Waals surface area contributed by atoms with Gasteiger partial charge in [-0.2, -0.15) is 0 Å². The van der Waals surface area contributed by atoms with E-state index in [4.69, 9.17) is 0 Å². The normalized spacial score (nSPS) is 11.9. The van der Waals surface area contributed by atoms with Crippen LogP contribution in [0.5, 0.6) is 0 Å². The smallest absolute Gasteiger partial charge is 0.237 e. The first-order valence-corrected chi connectivity index (χ1v) is 8.38. The van der Waals surface area contributed by atoms with Crippen molar-refractivity contribution in [2.24, 2.45) is 0 Å². The van der Waals surface area contributed by atoms with E-state index in [2.05, 4.69) is 10.6 Å². The zero-order valence-corrected chi connectivity index (χ0v) is 13.6. The minimum Gasteiger partial charge on any atom is -0.355 e. The molecule has 0 radical (unpaired) electrons. The highest BCUT2D eigenvalue weighted by atomic mass is 32.2. The van der Waals surface area contributed by atoms with Crippen LogP contribution in [0.2, 0.25) is 0 Å². The van der Waals surface area contributed by atoms with Crippen molar-refractivity contribution < 1.29 is 4.79 Å². The molecule has 0 saturated heterocycles. The number of benzene rings is 2. The summed E-state index contributed by atoms with van der Waals surface area (Å²) >= 11 is 1.59. The Labute approximate surface area is 136 Å². The fourth-order valence-corrected chi connectivity index (χ4v) is 3.18. The van der Waals surface area contributed by atoms with E-state index in [0.717, 1.165) is 23.4 Å². The Kier molecular flexibility index (Phi) is 7.00. The van der Waals surface area contributed by atoms with E-state index < -0.39 is 0 Å². The maximum atomic E-state index is 12.6. The molecule has 0 fully saturated rings. The molecule has 3 nitrogen and oxygen atoms in total. The molecule has 2 N–H and O–H groups in total. The van der Waals surface area contributed by atoms with Gasteiger partial charge in [-0.3, -0.25) is 4.79 Å². The molecule has 0 aliphatic rings. The van der Waals surface area contributed by atoms with Crippen LogP contribution in [0.15, 0.2) is 65.6 Å². The topological polar surface area (TPSA) is 41.1 Å². The largest absolute Gasteiger partial charge is 0.355 e. The molecule has 1 unspecified atom stereocenters. The summed E-state index contributed by atoms with van der Waals surface area (Å²) in [5.74, 6) is 0.0659. The van der Waals surface area contributed by atoms with E-state index in [1.807, 2.05) is 67.7 Å². The first-order chi connectivity index (χ1) is 10.8. The predicted octanol–water partition coefficient (Wildman–Crippen LogP) is 3.25. The van der Waals surface area contributed by atoms with Crippen molar-refractivity contribution in [2.75, 3.05) is 20.1 Å². The Hall–Kier alpha value is -1.78. The Bertz CT molecular complexity index is 560. The van der Waals surface area contributed by atoms with Crippen molar-refractivity contribution >= 4 is 17.7 Å². The second kappa shape index (κ2) is 9.28. The fourth-order valence-electron chi connectivity index (χ4n) is 2.11. The molecule has 0 aliphatic heterocycles. The third-order valence-corrected chi connectivity index (χ3v) is 4.51. The lowest BCUT2D eigenvalue weighted by Crippen LogP contribution is -2.30. The van der Waals surface area contributed by atoms with Gasteiger partial charge in [0, 0.05) is 11.4 Å². The van der Waals surface area contributed by atoms with Gasteiger partial charge in [-0.15, -0.1) is 11.8 Å². The van der Waals surface area contributed by atoms with Gasteiger partial charge in [0.2, 0.25) is 5.91 Å². The van der Waals surface area contributed by atoms with E-state index in [-0.39, 0.29) is 11.2 Å². The quantitative estimate of drug-likeness (QED) is 0.580. The summed E-state index contributed by atoms with van der Waals surface area (Å²) in [4.78, 5) is 13.7. The number of carbonyl (C=O) groups is 1. The zero-order chi connectivity index (χ0) is 15.6. The van der Waals surface area contributed by atoms with Crippen LogP contribution in [0.4, 0.5) is 0 Å². The number of carbonyl (C=O) groups excluding carboxylic acids is 1. The lowest BCUT2D eigenvalue weighted by Gasteiger charge is -2.17. The molecule has 4 heteroatoms. The third kappa shape index (κ3) is 5.20. The average molecular weight is 314 g/mol. The molecule has 2 aromatic rings. The molecule has 2 aromatic carbocycles. The number of hydrogen-bond acceptors (Lipinski definition) is 3. The van der Waals surface area contributed by atoms with Crippen molar-refractivity contribution in [3.8, 4) is 0 Å². The summed E-state index contributed by atoms with van der Waals surface area (Å²) in [6.07, 6.45) is 0.930. The van der Waals surface area contributed by atoms with Gasteiger partial charge in [-0.1, -0.05) is 48.5 Å². The number of hydrogen-bond donors (Lipinski definition) is 2. The maximum Gasteiger partial charge on any atom is 0.237 e. The van der Waals surface area contributed by atoms with Gasteiger partial charge in [0.15, 0.2) is 0 Å². The third-order valence-electron chi connectivity index (χ3n) is 3.24. The molecule has 0 aliphatic carbocycles. The van der Waals surface area contributed by atoms with Crippen molar-refractivity contribution in [2.45, 2.75) is 16.6 Å². The molecule has 2 rings (SSSR count). The molecule has 1 atom stereocenters. The second-order valence-corrected chi connectivity index (χ2v) is 6.15. The molecule has 0 saturated carbocycles. The molecular weight excluding hydrogens is 292 g/mol. The molecule has 22 heavy (non-hydrogen) atoms. The van der Waals surface area contributed by atoms with Crippen LogP contribution in [-0.4, -0.2) is 26.0 Å². The fraction of sp³-hybridized carbons (Fsp3) is 0.278. The average Bonchev–Trinajstić information content (AvgIpc) is 2.58. The zero-order valence-electron chi connectivity index (χ0n) is 12.8. The van der Waals surface area contributed by atoms with Crippen molar-refractivity contribution in [1.29, 1.82) is 0 Å². The lowest BCUT2D eigenvalue weighted by molar-refractivity contribution is -0.120. The predicted molar refractivity (Wildman–Crippen MR) is 93.0 cm³/mol. The Morgan fingerprint density at radius 2 is 1.64 bits per heavy atom. The van der Waals surface area contributed by atoms with Crippen LogP contribution in [0.3, 0.4) is 0 Å². The van der Waals surface area contributed by atoms with Crippen molar-refractivity contribution in [3.63, 3.8) is 0 Å². The van der Waals surface area contributed by atoms with Crippen LogP contribution in [0.1, 0.15) is 17.2 Å². The van der Waals surface area contributed by atoms with Crippen molar-refractivity contribution in [3.05, 3.63) is 66.2 Å². The van der Waals surface area contributed by atoms with E-state index in [0.29, 0.717) is 6.54 Å². The highest BCUT2D eigenvalue weighted by Crippen LogP contribution is 2.35. The summed E-state index contributed by atoms with van der Waals surface area (Å²) in [7, 11) is 1.92. The molecule has 0 aromatic heterocycles. The first-order valence-electron chi connectivity index (χ1n) is 7.50. The van der Waals surface area contributed by atoms with Gasteiger partial charge in [0.1, 0.15) is 5.25 Å². The van der Waals surface area contributed by atoms with Crippen molar-refractivity contribution in [1.82, 2.24) is 10.6 Å². The van der Waals surface area contributed by atoms with Crippen LogP contribution < -0.4 is 10.6 Å². The van der Waals surface area contributed by atoms with E-state index in [9.17, 15) is 4.79 Å². The summed E-state index contributed by atoms with van der Waals surface area (Å²) in [6, 6.07) is 20.0.